The fourth-order valence-electron chi connectivity index (χ4n) is 2.39. The van der Waals surface area contributed by atoms with Gasteiger partial charge in [-0.3, -0.25) is 9.59 Å². The summed E-state index contributed by atoms with van der Waals surface area (Å²) in [5.41, 5.74) is 1.70. The van der Waals surface area contributed by atoms with Gasteiger partial charge in [0.25, 0.3) is 5.91 Å². The Bertz CT molecular complexity index is 854. The first kappa shape index (κ1) is 22.2. The molecule has 0 spiro atoms. The zero-order chi connectivity index (χ0) is 21.2. The molecule has 7 nitrogen and oxygen atoms in total. The van der Waals surface area contributed by atoms with Gasteiger partial charge in [0.2, 0.25) is 5.91 Å². The molecule has 1 atom stereocenters. The number of rotatable bonds is 9. The number of hydrogen-bond donors (Lipinski definition) is 2. The van der Waals surface area contributed by atoms with E-state index in [4.69, 9.17) is 21.1 Å². The zero-order valence-electron chi connectivity index (χ0n) is 16.2. The molecule has 0 aliphatic rings. The number of esters is 1. The van der Waals surface area contributed by atoms with E-state index < -0.39 is 24.6 Å². The summed E-state index contributed by atoms with van der Waals surface area (Å²) in [5.74, 6) is -1.20. The summed E-state index contributed by atoms with van der Waals surface area (Å²) < 4.78 is 10.3. The van der Waals surface area contributed by atoms with Crippen LogP contribution >= 0.6 is 11.6 Å². The first-order chi connectivity index (χ1) is 13.9. The number of halogens is 1. The molecule has 0 radical (unpaired) electrons. The summed E-state index contributed by atoms with van der Waals surface area (Å²) in [5, 5.41) is 5.69. The van der Waals surface area contributed by atoms with Crippen molar-refractivity contribution < 1.29 is 23.9 Å². The van der Waals surface area contributed by atoms with Crippen molar-refractivity contribution in [1.82, 2.24) is 5.32 Å². The van der Waals surface area contributed by atoms with Crippen molar-refractivity contribution in [2.75, 3.05) is 18.5 Å². The molecule has 0 saturated carbocycles. The maximum absolute atomic E-state index is 12.0. The van der Waals surface area contributed by atoms with E-state index in [2.05, 4.69) is 10.6 Å². The van der Waals surface area contributed by atoms with E-state index in [-0.39, 0.29) is 12.5 Å². The number of hydrogen-bond acceptors (Lipinski definition) is 5. The third-order valence-electron chi connectivity index (χ3n) is 3.92. The van der Waals surface area contributed by atoms with Crippen LogP contribution in [0.25, 0.3) is 0 Å². The Morgan fingerprint density at radius 3 is 2.41 bits per heavy atom. The topological polar surface area (TPSA) is 93.7 Å². The minimum absolute atomic E-state index is 0.231. The number of benzene rings is 2. The van der Waals surface area contributed by atoms with Gasteiger partial charge >= 0.3 is 5.97 Å². The maximum Gasteiger partial charge on any atom is 0.347 e. The summed E-state index contributed by atoms with van der Waals surface area (Å²) >= 11 is 5.79. The molecule has 2 aromatic rings. The van der Waals surface area contributed by atoms with Crippen LogP contribution in [0, 0.1) is 0 Å². The largest absolute Gasteiger partial charge is 0.479 e. The molecule has 29 heavy (non-hydrogen) atoms. The van der Waals surface area contributed by atoms with E-state index in [9.17, 15) is 14.4 Å². The average Bonchev–Trinajstić information content (AvgIpc) is 2.72. The van der Waals surface area contributed by atoms with Crippen LogP contribution in [0.5, 0.6) is 5.75 Å². The lowest BCUT2D eigenvalue weighted by Gasteiger charge is -2.14. The molecule has 154 valence electrons. The predicted octanol–water partition coefficient (Wildman–Crippen LogP) is 2.97. The van der Waals surface area contributed by atoms with E-state index in [0.29, 0.717) is 16.5 Å². The quantitative estimate of drug-likeness (QED) is 0.610. The predicted molar refractivity (Wildman–Crippen MR) is 110 cm³/mol. The molecular weight excluding hydrogens is 396 g/mol. The summed E-state index contributed by atoms with van der Waals surface area (Å²) in [6, 6.07) is 13.9. The molecule has 0 bridgehead atoms. The van der Waals surface area contributed by atoms with Crippen LogP contribution < -0.4 is 15.4 Å². The minimum Gasteiger partial charge on any atom is -0.479 e. The van der Waals surface area contributed by atoms with Crippen LogP contribution in [0.3, 0.4) is 0 Å². The van der Waals surface area contributed by atoms with Crippen LogP contribution in [0.15, 0.2) is 48.5 Å². The van der Waals surface area contributed by atoms with E-state index in [1.807, 2.05) is 25.1 Å². The third-order valence-corrected chi connectivity index (χ3v) is 4.17. The van der Waals surface area contributed by atoms with Gasteiger partial charge in [-0.1, -0.05) is 36.7 Å². The van der Waals surface area contributed by atoms with Gasteiger partial charge in [-0.2, -0.15) is 0 Å². The van der Waals surface area contributed by atoms with Gasteiger partial charge in [0.15, 0.2) is 12.7 Å². The van der Waals surface area contributed by atoms with E-state index in [0.717, 1.165) is 12.0 Å². The molecule has 0 fully saturated rings. The molecule has 0 aliphatic heterocycles. The molecule has 0 unspecified atom stereocenters. The van der Waals surface area contributed by atoms with Crippen LogP contribution in [-0.2, 0) is 25.5 Å². The molecule has 0 aromatic heterocycles. The number of aryl methyl sites for hydroxylation is 1. The smallest absolute Gasteiger partial charge is 0.347 e. The van der Waals surface area contributed by atoms with Crippen molar-refractivity contribution in [3.63, 3.8) is 0 Å². The van der Waals surface area contributed by atoms with Crippen LogP contribution in [0.4, 0.5) is 5.69 Å². The average molecular weight is 419 g/mol. The van der Waals surface area contributed by atoms with Crippen molar-refractivity contribution in [3.05, 3.63) is 59.1 Å². The Morgan fingerprint density at radius 1 is 1.03 bits per heavy atom. The Kier molecular flexibility index (Phi) is 8.48. The number of nitrogens with one attached hydrogen (secondary N) is 2. The fraction of sp³-hybridized carbons (Fsp3) is 0.286. The lowest BCUT2D eigenvalue weighted by atomic mass is 10.1. The molecule has 2 N–H and O–H groups in total. The minimum atomic E-state index is -0.905. The molecule has 0 heterocycles. The Labute approximate surface area is 174 Å². The van der Waals surface area contributed by atoms with Gasteiger partial charge in [-0.15, -0.1) is 0 Å². The first-order valence-electron chi connectivity index (χ1n) is 9.12. The molecule has 2 rings (SSSR count). The van der Waals surface area contributed by atoms with Crippen molar-refractivity contribution in [1.29, 1.82) is 0 Å². The van der Waals surface area contributed by atoms with Gasteiger partial charge in [0, 0.05) is 10.7 Å². The van der Waals surface area contributed by atoms with Gasteiger partial charge in [-0.05, 0) is 49.2 Å². The summed E-state index contributed by atoms with van der Waals surface area (Å²) in [6.07, 6.45) is -0.132. The summed E-state index contributed by atoms with van der Waals surface area (Å²) in [7, 11) is 0. The zero-order valence-corrected chi connectivity index (χ0v) is 17.0. The normalized spacial score (nSPS) is 11.3. The van der Waals surface area contributed by atoms with Crippen molar-refractivity contribution in [2.24, 2.45) is 0 Å². The molecular formula is C21H23ClN2O5. The van der Waals surface area contributed by atoms with Crippen molar-refractivity contribution in [3.8, 4) is 5.75 Å². The van der Waals surface area contributed by atoms with Gasteiger partial charge in [0.1, 0.15) is 5.75 Å². The molecule has 8 heteroatoms. The Hall–Kier alpha value is -3.06. The Morgan fingerprint density at radius 2 is 1.72 bits per heavy atom. The highest BCUT2D eigenvalue weighted by Gasteiger charge is 2.18. The van der Waals surface area contributed by atoms with E-state index >= 15 is 0 Å². The van der Waals surface area contributed by atoms with Gasteiger partial charge in [0.05, 0.1) is 6.54 Å². The second kappa shape index (κ2) is 11.1. The molecule has 0 saturated heterocycles. The van der Waals surface area contributed by atoms with Gasteiger partial charge in [-0.25, -0.2) is 4.79 Å². The van der Waals surface area contributed by atoms with Crippen molar-refractivity contribution in [2.45, 2.75) is 26.4 Å². The number of carbonyl (C=O) groups is 3. The monoisotopic (exact) mass is 418 g/mol. The maximum atomic E-state index is 12.0. The number of carbonyl (C=O) groups excluding carboxylic acids is 3. The van der Waals surface area contributed by atoms with E-state index in [1.165, 1.54) is 6.92 Å². The second-order valence-electron chi connectivity index (χ2n) is 6.16. The van der Waals surface area contributed by atoms with Crippen molar-refractivity contribution >= 4 is 35.1 Å². The van der Waals surface area contributed by atoms with Gasteiger partial charge < -0.3 is 20.1 Å². The number of ether oxygens (including phenoxy) is 2. The summed E-state index contributed by atoms with van der Waals surface area (Å²) in [6.45, 7) is 2.75. The third kappa shape index (κ3) is 7.46. The van der Waals surface area contributed by atoms with E-state index in [1.54, 1.807) is 30.3 Å². The second-order valence-corrected chi connectivity index (χ2v) is 6.59. The lowest BCUT2D eigenvalue weighted by Crippen LogP contribution is -2.37. The number of para-hydroxylation sites is 1. The molecule has 2 amide bonds. The highest BCUT2D eigenvalue weighted by molar-refractivity contribution is 6.30. The standard InChI is InChI=1S/C21H23ClN2O5/c1-3-15-6-4-5-7-18(15)24-19(25)12-23-20(26)13-28-21(27)14(2)29-17-10-8-16(22)9-11-17/h4-11,14H,3,12-13H2,1-2H3,(H,23,26)(H,24,25)/t14-/m0/s1. The van der Waals surface area contributed by atoms with Crippen LogP contribution in [0.2, 0.25) is 5.02 Å². The highest BCUT2D eigenvalue weighted by Crippen LogP contribution is 2.17. The van der Waals surface area contributed by atoms with Crippen LogP contribution in [-0.4, -0.2) is 37.0 Å². The summed E-state index contributed by atoms with van der Waals surface area (Å²) in [4.78, 5) is 35.8. The number of amides is 2. The molecule has 2 aromatic carbocycles. The fourth-order valence-corrected chi connectivity index (χ4v) is 2.52. The lowest BCUT2D eigenvalue weighted by molar-refractivity contribution is -0.154. The first-order valence-corrected chi connectivity index (χ1v) is 9.50. The van der Waals surface area contributed by atoms with Crippen LogP contribution in [0.1, 0.15) is 19.4 Å². The Balaban J connectivity index is 1.71. The SMILES string of the molecule is CCc1ccccc1NC(=O)CNC(=O)COC(=O)[C@H](C)Oc1ccc(Cl)cc1. The highest BCUT2D eigenvalue weighted by atomic mass is 35.5. The molecule has 0 aliphatic carbocycles. The number of anilines is 1.